The fourth-order valence-electron chi connectivity index (χ4n) is 3.29. The number of rotatable bonds is 6. The molecule has 0 radical (unpaired) electrons. The summed E-state index contributed by atoms with van der Waals surface area (Å²) >= 11 is 1.74. The maximum Gasteiger partial charge on any atom is 0.123 e. The van der Waals surface area contributed by atoms with Gasteiger partial charge < -0.3 is 5.32 Å². The van der Waals surface area contributed by atoms with Crippen molar-refractivity contribution in [3.63, 3.8) is 0 Å². The van der Waals surface area contributed by atoms with Crippen LogP contribution in [0.15, 0.2) is 42.5 Å². The molecule has 0 amide bonds. The van der Waals surface area contributed by atoms with Gasteiger partial charge in [0.2, 0.25) is 0 Å². The van der Waals surface area contributed by atoms with Gasteiger partial charge in [0.15, 0.2) is 0 Å². The number of hydrogen-bond acceptors (Lipinski definition) is 3. The molecule has 4 heteroatoms. The Balaban J connectivity index is 1.81. The molecule has 1 aliphatic heterocycles. The SMILES string of the molecule is CCSNCc1ccc2c(c1)C(Cc1cccc(F)c1)NCCC2. The molecule has 0 saturated heterocycles. The smallest absolute Gasteiger partial charge is 0.123 e. The highest BCUT2D eigenvalue weighted by molar-refractivity contribution is 7.97. The summed E-state index contributed by atoms with van der Waals surface area (Å²) in [4.78, 5) is 0. The van der Waals surface area contributed by atoms with E-state index in [0.717, 1.165) is 43.7 Å². The number of hydrogen-bond donors (Lipinski definition) is 2. The second-order valence-electron chi connectivity index (χ2n) is 6.23. The molecule has 2 aromatic carbocycles. The summed E-state index contributed by atoms with van der Waals surface area (Å²) in [6.07, 6.45) is 3.08. The summed E-state index contributed by atoms with van der Waals surface area (Å²) in [6, 6.07) is 14.0. The minimum Gasteiger partial charge on any atom is -0.310 e. The molecule has 0 saturated carbocycles. The lowest BCUT2D eigenvalue weighted by Crippen LogP contribution is -2.23. The van der Waals surface area contributed by atoms with Crippen LogP contribution in [0.25, 0.3) is 0 Å². The molecule has 0 aliphatic carbocycles. The number of fused-ring (bicyclic) bond motifs is 1. The molecule has 24 heavy (non-hydrogen) atoms. The van der Waals surface area contributed by atoms with Crippen molar-refractivity contribution in [2.24, 2.45) is 0 Å². The Morgan fingerprint density at radius 1 is 1.21 bits per heavy atom. The van der Waals surface area contributed by atoms with Crippen LogP contribution in [-0.2, 0) is 19.4 Å². The van der Waals surface area contributed by atoms with E-state index in [-0.39, 0.29) is 11.9 Å². The minimum atomic E-state index is -0.157. The molecule has 0 bridgehead atoms. The van der Waals surface area contributed by atoms with E-state index in [1.807, 2.05) is 6.07 Å². The molecule has 2 nitrogen and oxygen atoms in total. The van der Waals surface area contributed by atoms with Gasteiger partial charge in [-0.1, -0.05) is 49.2 Å². The van der Waals surface area contributed by atoms with Gasteiger partial charge in [0.1, 0.15) is 5.82 Å². The van der Waals surface area contributed by atoms with E-state index in [0.29, 0.717) is 0 Å². The topological polar surface area (TPSA) is 24.1 Å². The van der Waals surface area contributed by atoms with Crippen molar-refractivity contribution in [2.45, 2.75) is 38.8 Å². The lowest BCUT2D eigenvalue weighted by molar-refractivity contribution is 0.537. The third kappa shape index (κ3) is 4.59. The predicted molar refractivity (Wildman–Crippen MR) is 101 cm³/mol. The molecular formula is C20H25FN2S. The molecule has 1 atom stereocenters. The summed E-state index contributed by atoms with van der Waals surface area (Å²) in [5.74, 6) is 0.908. The van der Waals surface area contributed by atoms with E-state index in [1.165, 1.54) is 22.8 Å². The summed E-state index contributed by atoms with van der Waals surface area (Å²) in [6.45, 7) is 4.03. The van der Waals surface area contributed by atoms with Crippen LogP contribution >= 0.6 is 11.9 Å². The van der Waals surface area contributed by atoms with E-state index < -0.39 is 0 Å². The number of nitrogens with one attached hydrogen (secondary N) is 2. The Morgan fingerprint density at radius 2 is 2.12 bits per heavy atom. The highest BCUT2D eigenvalue weighted by Gasteiger charge is 2.19. The largest absolute Gasteiger partial charge is 0.310 e. The Labute approximate surface area is 148 Å². The second-order valence-corrected chi connectivity index (χ2v) is 7.39. The maximum atomic E-state index is 13.5. The normalized spacial score (nSPS) is 17.3. The van der Waals surface area contributed by atoms with Gasteiger partial charge in [0.05, 0.1) is 0 Å². The molecule has 1 aliphatic rings. The predicted octanol–water partition coefficient (Wildman–Crippen LogP) is 4.40. The van der Waals surface area contributed by atoms with E-state index in [2.05, 4.69) is 35.2 Å². The number of benzene rings is 2. The van der Waals surface area contributed by atoms with Crippen LogP contribution in [0, 0.1) is 5.82 Å². The van der Waals surface area contributed by atoms with Gasteiger partial charge in [0.25, 0.3) is 0 Å². The average molecular weight is 344 g/mol. The van der Waals surface area contributed by atoms with Gasteiger partial charge in [-0.2, -0.15) is 0 Å². The van der Waals surface area contributed by atoms with E-state index in [1.54, 1.807) is 24.1 Å². The highest BCUT2D eigenvalue weighted by Crippen LogP contribution is 2.27. The van der Waals surface area contributed by atoms with Crippen LogP contribution in [-0.4, -0.2) is 12.3 Å². The summed E-state index contributed by atoms with van der Waals surface area (Å²) < 4.78 is 16.9. The van der Waals surface area contributed by atoms with Gasteiger partial charge >= 0.3 is 0 Å². The first-order valence-electron chi connectivity index (χ1n) is 8.70. The molecule has 0 spiro atoms. The first kappa shape index (κ1) is 17.5. The van der Waals surface area contributed by atoms with Crippen molar-refractivity contribution in [1.29, 1.82) is 0 Å². The van der Waals surface area contributed by atoms with Crippen molar-refractivity contribution < 1.29 is 4.39 Å². The fraction of sp³-hybridized carbons (Fsp3) is 0.400. The third-order valence-corrected chi connectivity index (χ3v) is 5.09. The zero-order valence-corrected chi connectivity index (χ0v) is 15.0. The van der Waals surface area contributed by atoms with Gasteiger partial charge in [0, 0.05) is 18.3 Å². The van der Waals surface area contributed by atoms with E-state index in [9.17, 15) is 4.39 Å². The molecule has 0 aromatic heterocycles. The highest BCUT2D eigenvalue weighted by atomic mass is 32.2. The maximum absolute atomic E-state index is 13.5. The van der Waals surface area contributed by atoms with Crippen molar-refractivity contribution in [2.75, 3.05) is 12.3 Å². The molecule has 128 valence electrons. The van der Waals surface area contributed by atoms with Gasteiger partial charge in [-0.25, -0.2) is 4.39 Å². The van der Waals surface area contributed by atoms with Gasteiger partial charge in [-0.15, -0.1) is 0 Å². The lowest BCUT2D eigenvalue weighted by Gasteiger charge is -2.20. The Bertz CT molecular complexity index is 674. The quantitative estimate of drug-likeness (QED) is 0.600. The first-order valence-corrected chi connectivity index (χ1v) is 9.69. The van der Waals surface area contributed by atoms with Crippen molar-refractivity contribution in [3.05, 3.63) is 70.5 Å². The molecule has 3 rings (SSSR count). The van der Waals surface area contributed by atoms with Crippen molar-refractivity contribution in [1.82, 2.24) is 10.0 Å². The molecule has 1 unspecified atom stereocenters. The van der Waals surface area contributed by atoms with Crippen molar-refractivity contribution >= 4 is 11.9 Å². The van der Waals surface area contributed by atoms with E-state index >= 15 is 0 Å². The molecular weight excluding hydrogens is 319 g/mol. The lowest BCUT2D eigenvalue weighted by atomic mass is 9.92. The van der Waals surface area contributed by atoms with Crippen LogP contribution in [0.1, 0.15) is 41.6 Å². The first-order chi connectivity index (χ1) is 11.8. The third-order valence-electron chi connectivity index (χ3n) is 4.45. The van der Waals surface area contributed by atoms with Gasteiger partial charge in [-0.05, 0) is 60.2 Å². The number of aryl methyl sites for hydroxylation is 1. The number of halogens is 1. The standard InChI is InChI=1S/C20H25FN2S/c1-2-24-23-14-16-8-9-17-6-4-10-22-20(19(17)12-16)13-15-5-3-7-18(21)11-15/h3,5,7-9,11-12,20,22-23H,2,4,6,10,13-14H2,1H3. The molecule has 2 aromatic rings. The zero-order chi connectivity index (χ0) is 16.8. The van der Waals surface area contributed by atoms with Crippen LogP contribution < -0.4 is 10.0 Å². The monoisotopic (exact) mass is 344 g/mol. The average Bonchev–Trinajstić information content (AvgIpc) is 2.78. The Hall–Kier alpha value is -1.36. The summed E-state index contributed by atoms with van der Waals surface area (Å²) in [5.41, 5.74) is 5.15. The molecule has 0 fully saturated rings. The molecule has 1 heterocycles. The van der Waals surface area contributed by atoms with Crippen LogP contribution in [0.5, 0.6) is 0 Å². The van der Waals surface area contributed by atoms with Crippen LogP contribution in [0.3, 0.4) is 0 Å². The zero-order valence-electron chi connectivity index (χ0n) is 14.1. The van der Waals surface area contributed by atoms with E-state index in [4.69, 9.17) is 0 Å². The van der Waals surface area contributed by atoms with Gasteiger partial charge in [-0.3, -0.25) is 4.72 Å². The van der Waals surface area contributed by atoms with Crippen molar-refractivity contribution in [3.8, 4) is 0 Å². The van der Waals surface area contributed by atoms with Crippen LogP contribution in [0.2, 0.25) is 0 Å². The molecule has 2 N–H and O–H groups in total. The minimum absolute atomic E-state index is 0.157. The van der Waals surface area contributed by atoms with Crippen LogP contribution in [0.4, 0.5) is 4.39 Å². The second kappa shape index (κ2) is 8.65. The fourth-order valence-corrected chi connectivity index (χ4v) is 3.76. The Morgan fingerprint density at radius 3 is 2.96 bits per heavy atom. The Kier molecular flexibility index (Phi) is 6.30. The summed E-state index contributed by atoms with van der Waals surface area (Å²) in [7, 11) is 0. The summed E-state index contributed by atoms with van der Waals surface area (Å²) in [5, 5.41) is 3.65.